The predicted octanol–water partition coefficient (Wildman–Crippen LogP) is 1.40. The largest absolute Gasteiger partial charge is 0.327 e. The van der Waals surface area contributed by atoms with E-state index < -0.39 is 14.6 Å². The minimum atomic E-state index is -3.03. The number of piperidine rings is 1. The Kier molecular flexibility index (Phi) is 5.21. The van der Waals surface area contributed by atoms with Crippen LogP contribution in [0.3, 0.4) is 0 Å². The number of hydrogen-bond donors (Lipinski definition) is 1. The molecule has 1 rings (SSSR count). The summed E-state index contributed by atoms with van der Waals surface area (Å²) in [5.74, 6) is 0.236. The van der Waals surface area contributed by atoms with Crippen LogP contribution < -0.4 is 5.73 Å². The molecule has 1 heterocycles. The van der Waals surface area contributed by atoms with Gasteiger partial charge in [-0.25, -0.2) is 8.42 Å². The normalized spacial score (nSPS) is 25.1. The van der Waals surface area contributed by atoms with E-state index in [9.17, 15) is 8.42 Å². The number of likely N-dealkylation sites (tertiary alicyclic amines) is 1. The van der Waals surface area contributed by atoms with Crippen LogP contribution in [0.5, 0.6) is 0 Å². The van der Waals surface area contributed by atoms with E-state index in [-0.39, 0.29) is 11.8 Å². The molecule has 0 aromatic rings. The monoisotopic (exact) mass is 276 g/mol. The molecule has 18 heavy (non-hydrogen) atoms. The number of sulfone groups is 1. The topological polar surface area (TPSA) is 63.4 Å². The number of nitrogens with zero attached hydrogens (tertiary/aromatic N) is 1. The molecule has 0 spiro atoms. The zero-order valence-corrected chi connectivity index (χ0v) is 13.0. The molecule has 2 N–H and O–H groups in total. The van der Waals surface area contributed by atoms with Crippen LogP contribution in [-0.4, -0.2) is 49.0 Å². The molecule has 0 aliphatic carbocycles. The molecule has 0 aromatic carbocycles. The smallest absolute Gasteiger partial charge is 0.156 e. The second-order valence-electron chi connectivity index (χ2n) is 6.39. The maximum Gasteiger partial charge on any atom is 0.156 e. The standard InChI is InChI=1S/C13H28N2O2S/c1-11(14)12-7-5-6-8-15(12)9-10-18(16,17)13(2,3)4/h11-12H,5-10,14H2,1-4H3. The van der Waals surface area contributed by atoms with E-state index in [2.05, 4.69) is 4.90 Å². The minimum absolute atomic E-state index is 0.114. The maximum atomic E-state index is 12.1. The van der Waals surface area contributed by atoms with Crippen molar-refractivity contribution >= 4 is 9.84 Å². The van der Waals surface area contributed by atoms with Crippen LogP contribution in [0.4, 0.5) is 0 Å². The van der Waals surface area contributed by atoms with E-state index in [1.807, 2.05) is 6.92 Å². The molecule has 2 atom stereocenters. The summed E-state index contributed by atoms with van der Waals surface area (Å²) in [6.45, 7) is 8.91. The number of nitrogens with two attached hydrogens (primary N) is 1. The highest BCUT2D eigenvalue weighted by Gasteiger charge is 2.31. The Morgan fingerprint density at radius 2 is 1.94 bits per heavy atom. The molecule has 1 fully saturated rings. The first kappa shape index (κ1) is 15.9. The van der Waals surface area contributed by atoms with Gasteiger partial charge in [0, 0.05) is 18.6 Å². The second kappa shape index (κ2) is 5.88. The molecule has 1 aliphatic heterocycles. The molecular formula is C13H28N2O2S. The predicted molar refractivity (Wildman–Crippen MR) is 76.4 cm³/mol. The molecule has 2 unspecified atom stereocenters. The van der Waals surface area contributed by atoms with Crippen molar-refractivity contribution in [1.29, 1.82) is 0 Å². The van der Waals surface area contributed by atoms with Gasteiger partial charge in [0.25, 0.3) is 0 Å². The molecule has 4 nitrogen and oxygen atoms in total. The molecule has 5 heteroatoms. The van der Waals surface area contributed by atoms with Gasteiger partial charge in [-0.05, 0) is 47.1 Å². The molecule has 1 saturated heterocycles. The Bertz CT molecular complexity index is 358. The van der Waals surface area contributed by atoms with Crippen LogP contribution in [0.2, 0.25) is 0 Å². The number of rotatable bonds is 4. The third-order valence-electron chi connectivity index (χ3n) is 3.85. The van der Waals surface area contributed by atoms with Crippen molar-refractivity contribution in [2.75, 3.05) is 18.8 Å². The minimum Gasteiger partial charge on any atom is -0.327 e. The van der Waals surface area contributed by atoms with Crippen molar-refractivity contribution in [3.05, 3.63) is 0 Å². The average Bonchev–Trinajstić information content (AvgIpc) is 2.25. The summed E-state index contributed by atoms with van der Waals surface area (Å²) in [4.78, 5) is 2.26. The van der Waals surface area contributed by atoms with Gasteiger partial charge in [0.1, 0.15) is 0 Å². The van der Waals surface area contributed by atoms with Gasteiger partial charge in [0.15, 0.2) is 9.84 Å². The van der Waals surface area contributed by atoms with Crippen LogP contribution in [0.25, 0.3) is 0 Å². The summed E-state index contributed by atoms with van der Waals surface area (Å²) in [7, 11) is -3.03. The fourth-order valence-electron chi connectivity index (χ4n) is 2.43. The van der Waals surface area contributed by atoms with Crippen molar-refractivity contribution in [3.8, 4) is 0 Å². The maximum absolute atomic E-state index is 12.1. The molecule has 0 amide bonds. The zero-order valence-electron chi connectivity index (χ0n) is 12.1. The summed E-state index contributed by atoms with van der Waals surface area (Å²) in [5.41, 5.74) is 5.99. The molecule has 108 valence electrons. The highest BCUT2D eigenvalue weighted by molar-refractivity contribution is 7.92. The third kappa shape index (κ3) is 3.93. The fourth-order valence-corrected chi connectivity index (χ4v) is 3.52. The lowest BCUT2D eigenvalue weighted by Crippen LogP contribution is -2.51. The lowest BCUT2D eigenvalue weighted by Gasteiger charge is -2.38. The molecular weight excluding hydrogens is 248 g/mol. The van der Waals surface area contributed by atoms with Crippen LogP contribution in [0, 0.1) is 0 Å². The van der Waals surface area contributed by atoms with Crippen molar-refractivity contribution < 1.29 is 8.42 Å². The van der Waals surface area contributed by atoms with Gasteiger partial charge in [0.2, 0.25) is 0 Å². The first-order valence-electron chi connectivity index (χ1n) is 6.87. The quantitative estimate of drug-likeness (QED) is 0.843. The Labute approximate surface area is 112 Å². The lowest BCUT2D eigenvalue weighted by molar-refractivity contribution is 0.139. The van der Waals surface area contributed by atoms with Crippen LogP contribution in [0.15, 0.2) is 0 Å². The van der Waals surface area contributed by atoms with E-state index in [0.29, 0.717) is 12.6 Å². The summed E-state index contributed by atoms with van der Waals surface area (Å²) in [5, 5.41) is 0. The summed E-state index contributed by atoms with van der Waals surface area (Å²) < 4.78 is 23.6. The van der Waals surface area contributed by atoms with Gasteiger partial charge in [-0.3, -0.25) is 4.90 Å². The molecule has 1 aliphatic rings. The van der Waals surface area contributed by atoms with Gasteiger partial charge >= 0.3 is 0 Å². The summed E-state index contributed by atoms with van der Waals surface area (Å²) >= 11 is 0. The first-order chi connectivity index (χ1) is 8.15. The molecule has 0 aromatic heterocycles. The zero-order chi connectivity index (χ0) is 14.0. The van der Waals surface area contributed by atoms with Crippen LogP contribution in [0.1, 0.15) is 47.0 Å². The Balaban J connectivity index is 2.62. The Morgan fingerprint density at radius 1 is 1.33 bits per heavy atom. The Hall–Kier alpha value is -0.130. The van der Waals surface area contributed by atoms with Gasteiger partial charge in [-0.2, -0.15) is 0 Å². The van der Waals surface area contributed by atoms with Gasteiger partial charge in [0.05, 0.1) is 10.5 Å². The highest BCUT2D eigenvalue weighted by atomic mass is 32.2. The van der Waals surface area contributed by atoms with Crippen LogP contribution in [-0.2, 0) is 9.84 Å². The van der Waals surface area contributed by atoms with Crippen molar-refractivity contribution in [2.45, 2.75) is 63.8 Å². The van der Waals surface area contributed by atoms with E-state index in [1.54, 1.807) is 20.8 Å². The molecule has 0 bridgehead atoms. The summed E-state index contributed by atoms with van der Waals surface area (Å²) in [6.07, 6.45) is 3.45. The first-order valence-corrected chi connectivity index (χ1v) is 8.52. The van der Waals surface area contributed by atoms with Crippen molar-refractivity contribution in [1.82, 2.24) is 4.90 Å². The van der Waals surface area contributed by atoms with Gasteiger partial charge in [-0.15, -0.1) is 0 Å². The Morgan fingerprint density at radius 3 is 2.44 bits per heavy atom. The third-order valence-corrected chi connectivity index (χ3v) is 6.44. The molecule has 0 radical (unpaired) electrons. The lowest BCUT2D eigenvalue weighted by atomic mass is 9.97. The average molecular weight is 276 g/mol. The van der Waals surface area contributed by atoms with Gasteiger partial charge in [-0.1, -0.05) is 6.42 Å². The van der Waals surface area contributed by atoms with E-state index >= 15 is 0 Å². The molecule has 0 saturated carbocycles. The summed E-state index contributed by atoms with van der Waals surface area (Å²) in [6, 6.07) is 0.455. The van der Waals surface area contributed by atoms with Crippen LogP contribution >= 0.6 is 0 Å². The van der Waals surface area contributed by atoms with E-state index in [4.69, 9.17) is 5.73 Å². The van der Waals surface area contributed by atoms with Crippen molar-refractivity contribution in [3.63, 3.8) is 0 Å². The fraction of sp³-hybridized carbons (Fsp3) is 1.00. The van der Waals surface area contributed by atoms with Gasteiger partial charge < -0.3 is 5.73 Å². The SMILES string of the molecule is CC(N)C1CCCCN1CCS(=O)(=O)C(C)(C)C. The number of hydrogen-bond acceptors (Lipinski definition) is 4. The van der Waals surface area contributed by atoms with E-state index in [1.165, 1.54) is 6.42 Å². The highest BCUT2D eigenvalue weighted by Crippen LogP contribution is 2.21. The van der Waals surface area contributed by atoms with Crippen molar-refractivity contribution in [2.24, 2.45) is 5.73 Å². The second-order valence-corrected chi connectivity index (χ2v) is 9.25. The van der Waals surface area contributed by atoms with E-state index in [0.717, 1.165) is 19.4 Å².